The summed E-state index contributed by atoms with van der Waals surface area (Å²) in [6.07, 6.45) is 2.72. The molecule has 38 heavy (non-hydrogen) atoms. The molecule has 0 unspecified atom stereocenters. The lowest BCUT2D eigenvalue weighted by Gasteiger charge is -2.36. The zero-order chi connectivity index (χ0) is 26.2. The number of aryl methyl sites for hydroxylation is 1. The van der Waals surface area contributed by atoms with Gasteiger partial charge in [0.25, 0.3) is 0 Å². The number of aromatic nitrogens is 1. The Morgan fingerprint density at radius 1 is 1.26 bits per heavy atom. The molecule has 9 heteroatoms. The van der Waals surface area contributed by atoms with Crippen LogP contribution in [-0.2, 0) is 6.54 Å². The van der Waals surface area contributed by atoms with Crippen molar-refractivity contribution in [1.82, 2.24) is 20.1 Å². The van der Waals surface area contributed by atoms with E-state index in [-0.39, 0.29) is 17.9 Å². The SMILES string of the molecule is COc1cccc(F)c1CN1CCC[C@@H](NC(=O)N2CCC3=C(C2)C(c2ccc4nc(C)sc4c2)=NC3)C1. The summed E-state index contributed by atoms with van der Waals surface area (Å²) < 4.78 is 21.0. The van der Waals surface area contributed by atoms with E-state index < -0.39 is 0 Å². The Morgan fingerprint density at radius 2 is 2.16 bits per heavy atom. The number of carbonyl (C=O) groups is 1. The number of halogens is 1. The fourth-order valence-corrected chi connectivity index (χ4v) is 6.67. The number of hydrogen-bond acceptors (Lipinski definition) is 6. The summed E-state index contributed by atoms with van der Waals surface area (Å²) in [6.45, 7) is 6.03. The first-order valence-electron chi connectivity index (χ1n) is 13.2. The minimum Gasteiger partial charge on any atom is -0.496 e. The first-order valence-corrected chi connectivity index (χ1v) is 14.0. The van der Waals surface area contributed by atoms with Crippen LogP contribution in [-0.4, -0.2) is 72.4 Å². The molecule has 1 aromatic heterocycles. The van der Waals surface area contributed by atoms with E-state index in [1.165, 1.54) is 17.2 Å². The quantitative estimate of drug-likeness (QED) is 0.505. The smallest absolute Gasteiger partial charge is 0.317 e. The molecule has 1 fully saturated rings. The van der Waals surface area contributed by atoms with E-state index >= 15 is 0 Å². The molecule has 0 radical (unpaired) electrons. The number of hydrogen-bond donors (Lipinski definition) is 1. The molecule has 3 aliphatic rings. The van der Waals surface area contributed by atoms with Gasteiger partial charge in [0.2, 0.25) is 0 Å². The van der Waals surface area contributed by atoms with E-state index in [0.717, 1.165) is 58.9 Å². The van der Waals surface area contributed by atoms with Gasteiger partial charge in [0.1, 0.15) is 11.6 Å². The van der Waals surface area contributed by atoms with Gasteiger partial charge < -0.3 is 15.0 Å². The number of benzene rings is 2. The monoisotopic (exact) mass is 533 g/mol. The summed E-state index contributed by atoms with van der Waals surface area (Å²) in [5.74, 6) is 0.304. The lowest BCUT2D eigenvalue weighted by Crippen LogP contribution is -2.52. The number of piperidine rings is 1. The van der Waals surface area contributed by atoms with Crippen LogP contribution in [0.15, 0.2) is 52.5 Å². The van der Waals surface area contributed by atoms with Crippen molar-refractivity contribution in [3.05, 3.63) is 69.5 Å². The predicted molar refractivity (Wildman–Crippen MR) is 149 cm³/mol. The van der Waals surface area contributed by atoms with Crippen LogP contribution in [0.4, 0.5) is 9.18 Å². The van der Waals surface area contributed by atoms with Crippen molar-refractivity contribution < 1.29 is 13.9 Å². The maximum Gasteiger partial charge on any atom is 0.317 e. The number of amides is 2. The first kappa shape index (κ1) is 25.0. The Hall–Kier alpha value is -3.30. The minimum absolute atomic E-state index is 0.0260. The number of fused-ring (bicyclic) bond motifs is 1. The maximum atomic E-state index is 14.5. The number of rotatable bonds is 5. The number of ether oxygens (including phenoxy) is 1. The van der Waals surface area contributed by atoms with E-state index in [1.54, 1.807) is 30.6 Å². The number of nitrogens with zero attached hydrogens (tertiary/aromatic N) is 4. The number of likely N-dealkylation sites (tertiary alicyclic amines) is 1. The normalized spacial score (nSPS) is 20.0. The van der Waals surface area contributed by atoms with Crippen LogP contribution in [0.1, 0.15) is 35.4 Å². The molecule has 0 saturated carbocycles. The highest BCUT2D eigenvalue weighted by atomic mass is 32.1. The standard InChI is InChI=1S/C29H32FN5O2S/c1-18-32-25-9-8-19(13-27(25)38-18)28-22-17-35(12-10-20(22)14-31-28)29(36)33-21-5-4-11-34(15-21)16-23-24(30)6-3-7-26(23)37-2/h3,6-9,13,21H,4-5,10-12,14-17H2,1-2H3,(H,33,36)/t21-/m1/s1. The Kier molecular flexibility index (Phi) is 6.88. The summed E-state index contributed by atoms with van der Waals surface area (Å²) in [5, 5.41) is 4.32. The molecule has 4 heterocycles. The number of urea groups is 1. The third-order valence-electron chi connectivity index (χ3n) is 7.74. The molecule has 3 aromatic rings. The average Bonchev–Trinajstić information content (AvgIpc) is 3.51. The second-order valence-corrected chi connectivity index (χ2v) is 11.5. The summed E-state index contributed by atoms with van der Waals surface area (Å²) in [4.78, 5) is 26.9. The lowest BCUT2D eigenvalue weighted by molar-refractivity contribution is 0.163. The van der Waals surface area contributed by atoms with Gasteiger partial charge in [0, 0.05) is 43.3 Å². The summed E-state index contributed by atoms with van der Waals surface area (Å²) in [5.41, 5.74) is 6.21. The molecule has 6 rings (SSSR count). The van der Waals surface area contributed by atoms with Crippen LogP contribution < -0.4 is 10.1 Å². The van der Waals surface area contributed by atoms with Crippen molar-refractivity contribution in [3.63, 3.8) is 0 Å². The molecule has 1 atom stereocenters. The number of thiazole rings is 1. The topological polar surface area (TPSA) is 70.1 Å². The van der Waals surface area contributed by atoms with Gasteiger partial charge in [-0.15, -0.1) is 11.3 Å². The largest absolute Gasteiger partial charge is 0.496 e. The molecule has 0 spiro atoms. The summed E-state index contributed by atoms with van der Waals surface area (Å²) >= 11 is 1.69. The third kappa shape index (κ3) is 4.92. The molecular formula is C29H32FN5O2S. The second-order valence-electron chi connectivity index (χ2n) is 10.3. The average molecular weight is 534 g/mol. The van der Waals surface area contributed by atoms with E-state index in [0.29, 0.717) is 37.5 Å². The highest BCUT2D eigenvalue weighted by Gasteiger charge is 2.31. The molecule has 198 valence electrons. The summed E-state index contributed by atoms with van der Waals surface area (Å²) in [6, 6.07) is 11.2. The third-order valence-corrected chi connectivity index (χ3v) is 8.67. The number of nitrogens with one attached hydrogen (secondary N) is 1. The molecule has 0 aliphatic carbocycles. The molecule has 7 nitrogen and oxygen atoms in total. The van der Waals surface area contributed by atoms with Crippen LogP contribution >= 0.6 is 11.3 Å². The van der Waals surface area contributed by atoms with Crippen LogP contribution in [0.25, 0.3) is 10.2 Å². The number of carbonyl (C=O) groups excluding carboxylic acids is 1. The fourth-order valence-electron chi connectivity index (χ4n) is 5.81. The molecule has 2 amide bonds. The van der Waals surface area contributed by atoms with Gasteiger partial charge in [-0.25, -0.2) is 14.2 Å². The van der Waals surface area contributed by atoms with Gasteiger partial charge in [0.15, 0.2) is 0 Å². The van der Waals surface area contributed by atoms with Crippen molar-refractivity contribution in [3.8, 4) is 5.75 Å². The number of methoxy groups -OCH3 is 1. The predicted octanol–water partition coefficient (Wildman–Crippen LogP) is 4.93. The Bertz CT molecular complexity index is 1450. The zero-order valence-electron chi connectivity index (χ0n) is 21.8. The van der Waals surface area contributed by atoms with Crippen LogP contribution in [0.3, 0.4) is 0 Å². The van der Waals surface area contributed by atoms with Gasteiger partial charge in [-0.3, -0.25) is 9.89 Å². The maximum absolute atomic E-state index is 14.5. The summed E-state index contributed by atoms with van der Waals surface area (Å²) in [7, 11) is 1.57. The van der Waals surface area contributed by atoms with Gasteiger partial charge >= 0.3 is 6.03 Å². The van der Waals surface area contributed by atoms with Crippen molar-refractivity contribution in [2.75, 3.05) is 39.8 Å². The van der Waals surface area contributed by atoms with Crippen LogP contribution in [0.5, 0.6) is 5.75 Å². The fraction of sp³-hybridized carbons (Fsp3) is 0.414. The molecule has 2 aromatic carbocycles. The van der Waals surface area contributed by atoms with E-state index in [4.69, 9.17) is 9.73 Å². The first-order chi connectivity index (χ1) is 18.5. The minimum atomic E-state index is -0.258. The van der Waals surface area contributed by atoms with Gasteiger partial charge in [-0.2, -0.15) is 0 Å². The Balaban J connectivity index is 1.10. The second kappa shape index (κ2) is 10.5. The highest BCUT2D eigenvalue weighted by molar-refractivity contribution is 7.18. The van der Waals surface area contributed by atoms with Crippen LogP contribution in [0, 0.1) is 12.7 Å². The Morgan fingerprint density at radius 3 is 3.03 bits per heavy atom. The van der Waals surface area contributed by atoms with E-state index in [1.807, 2.05) is 11.8 Å². The molecule has 0 bridgehead atoms. The lowest BCUT2D eigenvalue weighted by atomic mass is 9.95. The molecule has 1 N–H and O–H groups in total. The number of aliphatic imine (C=N–C) groups is 1. The zero-order valence-corrected chi connectivity index (χ0v) is 22.6. The van der Waals surface area contributed by atoms with Crippen molar-refractivity contribution in [1.29, 1.82) is 0 Å². The Labute approximate surface area is 226 Å². The van der Waals surface area contributed by atoms with Crippen LogP contribution in [0.2, 0.25) is 0 Å². The van der Waals surface area contributed by atoms with Crippen molar-refractivity contribution in [2.45, 2.75) is 38.8 Å². The molecule has 1 saturated heterocycles. The molecular weight excluding hydrogens is 501 g/mol. The molecule has 3 aliphatic heterocycles. The van der Waals surface area contributed by atoms with Gasteiger partial charge in [-0.05, 0) is 68.1 Å². The van der Waals surface area contributed by atoms with Crippen molar-refractivity contribution >= 4 is 33.3 Å². The van der Waals surface area contributed by atoms with Gasteiger partial charge in [-0.1, -0.05) is 12.1 Å². The van der Waals surface area contributed by atoms with E-state index in [2.05, 4.69) is 33.4 Å². The van der Waals surface area contributed by atoms with E-state index in [9.17, 15) is 9.18 Å². The van der Waals surface area contributed by atoms with Gasteiger partial charge in [0.05, 0.1) is 34.6 Å². The highest BCUT2D eigenvalue weighted by Crippen LogP contribution is 2.31. The van der Waals surface area contributed by atoms with Crippen molar-refractivity contribution in [2.24, 2.45) is 4.99 Å².